The van der Waals surface area contributed by atoms with Crippen LogP contribution in [0.1, 0.15) is 165 Å². The first-order chi connectivity index (χ1) is 64.4. The number of nitrogens with zero attached hydrogens (tertiary/aromatic N) is 15. The topological polar surface area (TPSA) is 153 Å². The van der Waals surface area contributed by atoms with Gasteiger partial charge >= 0.3 is 0 Å². The van der Waals surface area contributed by atoms with Crippen molar-refractivity contribution < 1.29 is 80.4 Å². The van der Waals surface area contributed by atoms with E-state index in [1.54, 1.807) is 12.7 Å². The number of rotatable bonds is 14. The molecule has 0 N–H and O–H groups in total. The Morgan fingerprint density at radius 1 is 0.304 bits per heavy atom. The molecule has 20 rings (SSSR count). The van der Waals surface area contributed by atoms with Crippen molar-refractivity contribution in [3.8, 4) is 113 Å². The van der Waals surface area contributed by atoms with Gasteiger partial charge in [0, 0.05) is 91.5 Å². The van der Waals surface area contributed by atoms with Crippen LogP contribution in [0.15, 0.2) is 298 Å². The standard InChI is InChI=1S/C43H44N3.C23H18N3.C21H24N3.2C16H14N3.4Ir/c1-28-21-29(2)40(30(3)22-28)46-27-44-41(45-46)34-12-10-11-33(23-34)37-25-35(31-13-17-38(18-14-31)42(4,5)6)24-36(26-37)32-15-19-39(20-16-32)43(7,8)9;1-14-11-12-20-19(13-14)17-9-4-5-10-18(17)22-24-25-23(26(20)22)21-15(2)7-6-8-16(21)3;1-14(2)18-12-9-13-19(15(3)4)20(18)24-21(22-16(5)23-24)17-10-7-6-8-11-17;2*1-12-7-6-8-13(2)15(12)19-11-17-16(18-19)14-9-4-3-5-10-14;;;;/h10-11,13-27H,1-9H3;4-9,11-13H,1-3H3;6-10,12-15H,1-5H3;2*3-9,11H,1-2H3;;;;/q5*-1;;;;. The second-order valence-corrected chi connectivity index (χ2v) is 37.5. The molecule has 0 bridgehead atoms. The summed E-state index contributed by atoms with van der Waals surface area (Å²) in [5, 5.41) is 31.3. The minimum atomic E-state index is 0. The van der Waals surface area contributed by atoms with E-state index in [4.69, 9.17) is 15.2 Å². The fourth-order valence-corrected chi connectivity index (χ4v) is 17.6. The molecule has 0 atom stereocenters. The fourth-order valence-electron chi connectivity index (χ4n) is 17.6. The molecule has 19 heteroatoms. The molecule has 0 saturated heterocycles. The Kier molecular flexibility index (Phi) is 34.3. The van der Waals surface area contributed by atoms with E-state index in [0.717, 1.165) is 95.7 Å². The van der Waals surface area contributed by atoms with Crippen molar-refractivity contribution in [2.45, 2.75) is 168 Å². The molecule has 0 saturated carbocycles. The maximum atomic E-state index is 4.90. The van der Waals surface area contributed by atoms with Crippen LogP contribution in [0.3, 0.4) is 0 Å². The zero-order chi connectivity index (χ0) is 94.4. The molecule has 6 aromatic heterocycles. The Bertz CT molecular complexity index is 7270. The van der Waals surface area contributed by atoms with Gasteiger partial charge in [-0.3, -0.25) is 24.6 Å². The number of hydrogen-bond acceptors (Lipinski definition) is 10. The summed E-state index contributed by atoms with van der Waals surface area (Å²) in [5.74, 6) is 5.40. The van der Waals surface area contributed by atoms with Crippen molar-refractivity contribution >= 4 is 27.3 Å². The molecular weight excluding hydrogens is 2410 g/mol. The maximum Gasteiger partial charge on any atom is 0.159 e. The Morgan fingerprint density at radius 2 is 0.725 bits per heavy atom. The smallest absolute Gasteiger partial charge is 0.159 e. The van der Waals surface area contributed by atoms with Gasteiger partial charge in [-0.1, -0.05) is 237 Å². The molecule has 15 nitrogen and oxygen atoms in total. The average Bonchev–Trinajstić information content (AvgIpc) is 1.53. The largest absolute Gasteiger partial charge is 0.316 e. The summed E-state index contributed by atoms with van der Waals surface area (Å²) in [5.41, 5.74) is 35.7. The van der Waals surface area contributed by atoms with Crippen LogP contribution in [0.25, 0.3) is 140 Å². The molecule has 0 fully saturated rings. The van der Waals surface area contributed by atoms with Gasteiger partial charge in [0.1, 0.15) is 24.8 Å². The SMILES string of the molecule is Cc1cc(C)c(-n2cnc(-c3[c-]ccc(-c4cc(-c5ccc(C(C)(C)C)cc5)cc(-c5ccc(C(C)(C)C)cc5)c4)c3)n2)c(C)c1.Cc1ccc2c(c1)c1ccc[c-]c1c1nnc(-c3c(C)cccc3C)n21.Cc1cccc(C)c1-n1cnc(-c2[c-]cccc2)n1.Cc1cccc(C)c1-n1cnc(-c2[c-]cccc2)n1.Cc1nc(-c2[c-]cccc2)n(-c2c(C(C)C)cccc2C(C)C)n1.[Ir].[Ir].[Ir].[Ir]. The van der Waals surface area contributed by atoms with Crippen LogP contribution in [-0.2, 0) is 91.3 Å². The molecule has 0 amide bonds. The molecule has 0 aliphatic rings. The first-order valence-electron chi connectivity index (χ1n) is 45.9. The number of hydrogen-bond donors (Lipinski definition) is 0. The van der Waals surface area contributed by atoms with Crippen LogP contribution in [0.2, 0.25) is 0 Å². The summed E-state index contributed by atoms with van der Waals surface area (Å²) in [6, 6.07) is 113. The molecule has 14 aromatic carbocycles. The summed E-state index contributed by atoms with van der Waals surface area (Å²) in [7, 11) is 0. The molecule has 20 aromatic rings. The number of fused-ring (bicyclic) bond motifs is 6. The molecule has 706 valence electrons. The average molecular weight is 2520 g/mol. The Labute approximate surface area is 867 Å². The van der Waals surface area contributed by atoms with Gasteiger partial charge in [0.2, 0.25) is 0 Å². The second kappa shape index (κ2) is 45.3. The van der Waals surface area contributed by atoms with E-state index in [1.807, 2.05) is 123 Å². The van der Waals surface area contributed by atoms with Gasteiger partial charge < -0.3 is 4.40 Å². The van der Waals surface area contributed by atoms with E-state index in [9.17, 15) is 0 Å². The third kappa shape index (κ3) is 23.3. The fraction of sp³-hybridized carbons (Fsp3) is 0.210. The van der Waals surface area contributed by atoms with Gasteiger partial charge in [0.25, 0.3) is 0 Å². The predicted molar refractivity (Wildman–Crippen MR) is 549 cm³/mol. The van der Waals surface area contributed by atoms with Crippen molar-refractivity contribution in [1.29, 1.82) is 0 Å². The van der Waals surface area contributed by atoms with E-state index in [0.29, 0.717) is 29.3 Å². The number of pyridine rings is 1. The van der Waals surface area contributed by atoms with E-state index in [2.05, 4.69) is 397 Å². The van der Waals surface area contributed by atoms with E-state index < -0.39 is 0 Å². The normalized spacial score (nSPS) is 11.1. The van der Waals surface area contributed by atoms with Gasteiger partial charge in [0.15, 0.2) is 5.82 Å². The van der Waals surface area contributed by atoms with Crippen molar-refractivity contribution in [2.24, 2.45) is 0 Å². The third-order valence-corrected chi connectivity index (χ3v) is 24.4. The number of aryl methyl sites for hydroxylation is 11. The van der Waals surface area contributed by atoms with Gasteiger partial charge in [-0.25, -0.2) is 14.0 Å². The molecule has 0 aliphatic heterocycles. The van der Waals surface area contributed by atoms with Crippen LogP contribution in [0, 0.1) is 106 Å². The predicted octanol–water partition coefficient (Wildman–Crippen LogP) is 28.7. The monoisotopic (exact) mass is 2520 g/mol. The van der Waals surface area contributed by atoms with Crippen LogP contribution < -0.4 is 0 Å². The molecule has 138 heavy (non-hydrogen) atoms. The van der Waals surface area contributed by atoms with Crippen molar-refractivity contribution in [1.82, 2.24) is 73.7 Å². The summed E-state index contributed by atoms with van der Waals surface area (Å²) in [4.78, 5) is 18.1. The van der Waals surface area contributed by atoms with Crippen LogP contribution in [-0.4, -0.2) is 73.7 Å². The van der Waals surface area contributed by atoms with E-state index >= 15 is 0 Å². The minimum absolute atomic E-state index is 0. The van der Waals surface area contributed by atoms with Gasteiger partial charge in [-0.2, -0.15) is 25.5 Å². The van der Waals surface area contributed by atoms with Crippen molar-refractivity contribution in [3.05, 3.63) is 412 Å². The summed E-state index contributed by atoms with van der Waals surface area (Å²) in [6.07, 6.45) is 5.32. The molecule has 4 radical (unpaired) electrons. The minimum Gasteiger partial charge on any atom is -0.316 e. The number of para-hydroxylation sites is 3. The quantitative estimate of drug-likeness (QED) is 0.0759. The van der Waals surface area contributed by atoms with Crippen molar-refractivity contribution in [2.75, 3.05) is 0 Å². The summed E-state index contributed by atoms with van der Waals surface area (Å²) < 4.78 is 9.75. The Hall–Kier alpha value is -12.6. The van der Waals surface area contributed by atoms with Crippen LogP contribution in [0.4, 0.5) is 0 Å². The van der Waals surface area contributed by atoms with Gasteiger partial charge in [-0.05, 0) is 223 Å². The maximum absolute atomic E-state index is 4.90. The first-order valence-corrected chi connectivity index (χ1v) is 45.9. The Balaban J connectivity index is 0.000000161. The van der Waals surface area contributed by atoms with Gasteiger partial charge in [-0.15, -0.1) is 172 Å². The van der Waals surface area contributed by atoms with Crippen LogP contribution >= 0.6 is 0 Å². The zero-order valence-electron chi connectivity index (χ0n) is 82.0. The third-order valence-electron chi connectivity index (χ3n) is 24.4. The molecule has 0 unspecified atom stereocenters. The second-order valence-electron chi connectivity index (χ2n) is 37.5. The zero-order valence-corrected chi connectivity index (χ0v) is 91.6. The summed E-state index contributed by atoms with van der Waals surface area (Å²) >= 11 is 0. The first kappa shape index (κ1) is 104. The van der Waals surface area contributed by atoms with Crippen LogP contribution in [0.5, 0.6) is 0 Å². The molecule has 0 spiro atoms. The number of aromatic nitrogens is 15. The molecule has 0 aliphatic carbocycles. The van der Waals surface area contributed by atoms with E-state index in [-0.39, 0.29) is 91.3 Å². The molecule has 6 heterocycles. The molecular formula is C119H114Ir4N15-5. The van der Waals surface area contributed by atoms with Gasteiger partial charge in [0.05, 0.1) is 51.7 Å². The summed E-state index contributed by atoms with van der Waals surface area (Å²) in [6.45, 7) is 45.5. The van der Waals surface area contributed by atoms with E-state index in [1.165, 1.54) is 111 Å². The Morgan fingerprint density at radius 3 is 1.17 bits per heavy atom. The number of benzene rings is 14. The van der Waals surface area contributed by atoms with Crippen molar-refractivity contribution in [3.63, 3.8) is 0 Å².